The summed E-state index contributed by atoms with van der Waals surface area (Å²) in [6, 6.07) is -1.66. The first-order valence-electron chi connectivity index (χ1n) is 4.76. The van der Waals surface area contributed by atoms with Crippen molar-refractivity contribution >= 4 is 5.95 Å². The lowest BCUT2D eigenvalue weighted by atomic mass is 10.1. The van der Waals surface area contributed by atoms with Gasteiger partial charge in [-0.2, -0.15) is 13.2 Å². The van der Waals surface area contributed by atoms with Crippen molar-refractivity contribution in [2.24, 2.45) is 0 Å². The van der Waals surface area contributed by atoms with Crippen LogP contribution in [0.1, 0.15) is 25.1 Å². The minimum absolute atomic E-state index is 0.0479. The largest absolute Gasteiger partial charge is 0.408 e. The molecule has 0 spiro atoms. The number of nitrogens with one attached hydrogen (secondary N) is 1. The van der Waals surface area contributed by atoms with Crippen molar-refractivity contribution in [1.29, 1.82) is 0 Å². The Bertz CT molecular complexity index is 369. The maximum Gasteiger partial charge on any atom is 0.408 e. The monoisotopic (exact) mass is 219 g/mol. The molecule has 6 heteroatoms. The van der Waals surface area contributed by atoms with Crippen LogP contribution < -0.4 is 5.32 Å². The molecular weight excluding hydrogens is 207 g/mol. The van der Waals surface area contributed by atoms with E-state index in [1.807, 2.05) is 0 Å². The minimum atomic E-state index is -4.21. The van der Waals surface area contributed by atoms with Gasteiger partial charge in [0.2, 0.25) is 5.95 Å². The Balaban J connectivity index is 2.30. The van der Waals surface area contributed by atoms with Crippen molar-refractivity contribution in [2.75, 3.05) is 5.32 Å². The Morgan fingerprint density at radius 3 is 2.80 bits per heavy atom. The van der Waals surface area contributed by atoms with Gasteiger partial charge < -0.3 is 9.88 Å². The van der Waals surface area contributed by atoms with Gasteiger partial charge in [-0.3, -0.25) is 0 Å². The summed E-state index contributed by atoms with van der Waals surface area (Å²) in [6.07, 6.45) is -2.40. The van der Waals surface area contributed by atoms with Crippen LogP contribution in [0.25, 0.3) is 0 Å². The quantitative estimate of drug-likeness (QED) is 0.726. The smallest absolute Gasteiger partial charge is 0.344 e. The van der Waals surface area contributed by atoms with E-state index in [4.69, 9.17) is 0 Å². The summed E-state index contributed by atoms with van der Waals surface area (Å²) in [4.78, 5) is 4.02. The standard InChI is InChI=1S/C9H12F3N3/c1-5-4-15-6(2)3-7(9(10,11)12)14-8(15)13-5/h4,6-7H,3H2,1-2H3,(H,13,14). The molecule has 0 radical (unpaired) electrons. The molecule has 15 heavy (non-hydrogen) atoms. The van der Waals surface area contributed by atoms with Crippen LogP contribution in [0.15, 0.2) is 6.20 Å². The second kappa shape index (κ2) is 3.15. The second-order valence-corrected chi connectivity index (χ2v) is 3.94. The number of halogens is 3. The average molecular weight is 219 g/mol. The van der Waals surface area contributed by atoms with E-state index in [9.17, 15) is 13.2 Å². The molecule has 1 aliphatic heterocycles. The predicted octanol–water partition coefficient (Wildman–Crippen LogP) is 2.50. The van der Waals surface area contributed by atoms with Crippen LogP contribution in [0.2, 0.25) is 0 Å². The summed E-state index contributed by atoms with van der Waals surface area (Å²) >= 11 is 0. The molecule has 1 N–H and O–H groups in total. The number of hydrogen-bond acceptors (Lipinski definition) is 2. The van der Waals surface area contributed by atoms with Gasteiger partial charge in [-0.15, -0.1) is 0 Å². The van der Waals surface area contributed by atoms with Gasteiger partial charge in [-0.1, -0.05) is 0 Å². The van der Waals surface area contributed by atoms with E-state index in [0.29, 0.717) is 5.95 Å². The number of aryl methyl sites for hydroxylation is 1. The molecule has 1 aromatic rings. The Labute approximate surface area is 85.3 Å². The van der Waals surface area contributed by atoms with Gasteiger partial charge in [0.25, 0.3) is 0 Å². The van der Waals surface area contributed by atoms with E-state index in [-0.39, 0.29) is 12.5 Å². The Morgan fingerprint density at radius 2 is 2.20 bits per heavy atom. The van der Waals surface area contributed by atoms with Gasteiger partial charge in [0.1, 0.15) is 6.04 Å². The lowest BCUT2D eigenvalue weighted by molar-refractivity contribution is -0.146. The fraction of sp³-hybridized carbons (Fsp3) is 0.667. The van der Waals surface area contributed by atoms with Crippen LogP contribution >= 0.6 is 0 Å². The zero-order valence-electron chi connectivity index (χ0n) is 8.47. The third kappa shape index (κ3) is 1.80. The van der Waals surface area contributed by atoms with Crippen LogP contribution in [0, 0.1) is 6.92 Å². The molecule has 0 amide bonds. The molecule has 1 aromatic heterocycles. The molecule has 3 nitrogen and oxygen atoms in total. The fourth-order valence-electron chi connectivity index (χ4n) is 1.84. The highest BCUT2D eigenvalue weighted by Gasteiger charge is 2.43. The number of anilines is 1. The van der Waals surface area contributed by atoms with E-state index in [0.717, 1.165) is 5.69 Å². The third-order valence-electron chi connectivity index (χ3n) is 2.60. The molecule has 0 saturated carbocycles. The first kappa shape index (κ1) is 10.3. The Hall–Kier alpha value is -1.20. The number of nitrogens with zero attached hydrogens (tertiary/aromatic N) is 2. The van der Waals surface area contributed by atoms with E-state index >= 15 is 0 Å². The summed E-state index contributed by atoms with van der Waals surface area (Å²) in [5.41, 5.74) is 0.729. The SMILES string of the molecule is Cc1cn2c(n1)NC(C(F)(F)F)CC2C. The van der Waals surface area contributed by atoms with Crippen molar-refractivity contribution in [3.8, 4) is 0 Å². The maximum atomic E-state index is 12.5. The Morgan fingerprint density at radius 1 is 1.53 bits per heavy atom. The van der Waals surface area contributed by atoms with E-state index < -0.39 is 12.2 Å². The van der Waals surface area contributed by atoms with Gasteiger partial charge in [-0.05, 0) is 20.3 Å². The normalized spacial score (nSPS) is 25.9. The molecule has 0 aliphatic carbocycles. The molecule has 2 heterocycles. The lowest BCUT2D eigenvalue weighted by Crippen LogP contribution is -2.41. The summed E-state index contributed by atoms with van der Waals surface area (Å²) < 4.78 is 39.3. The molecule has 0 saturated heterocycles. The third-order valence-corrected chi connectivity index (χ3v) is 2.60. The number of aromatic nitrogens is 2. The van der Waals surface area contributed by atoms with Gasteiger partial charge >= 0.3 is 6.18 Å². The van der Waals surface area contributed by atoms with Crippen LogP contribution in [0.4, 0.5) is 19.1 Å². The number of fused-ring (bicyclic) bond motifs is 1. The summed E-state index contributed by atoms with van der Waals surface area (Å²) in [5, 5.41) is 2.42. The van der Waals surface area contributed by atoms with Crippen LogP contribution in [0.3, 0.4) is 0 Å². The van der Waals surface area contributed by atoms with E-state index in [1.54, 1.807) is 24.6 Å². The minimum Gasteiger partial charge on any atom is -0.344 e. The summed E-state index contributed by atoms with van der Waals surface area (Å²) in [6.45, 7) is 3.53. The topological polar surface area (TPSA) is 29.9 Å². The summed E-state index contributed by atoms with van der Waals surface area (Å²) in [7, 11) is 0. The highest BCUT2D eigenvalue weighted by Crippen LogP contribution is 2.34. The fourth-order valence-corrected chi connectivity index (χ4v) is 1.84. The zero-order valence-corrected chi connectivity index (χ0v) is 8.47. The average Bonchev–Trinajstić information content (AvgIpc) is 2.44. The number of imidazole rings is 1. The highest BCUT2D eigenvalue weighted by molar-refractivity contribution is 5.34. The predicted molar refractivity (Wildman–Crippen MR) is 49.8 cm³/mol. The molecule has 0 fully saturated rings. The first-order chi connectivity index (χ1) is 6.88. The second-order valence-electron chi connectivity index (χ2n) is 3.94. The summed E-state index contributed by atoms with van der Waals surface area (Å²) in [5.74, 6) is 0.313. The van der Waals surface area contributed by atoms with Crippen molar-refractivity contribution < 1.29 is 13.2 Å². The van der Waals surface area contributed by atoms with Gasteiger partial charge in [0, 0.05) is 12.2 Å². The zero-order chi connectivity index (χ0) is 11.2. The van der Waals surface area contributed by atoms with Gasteiger partial charge in [0.05, 0.1) is 5.69 Å². The number of rotatable bonds is 0. The van der Waals surface area contributed by atoms with E-state index in [1.165, 1.54) is 0 Å². The molecule has 0 bridgehead atoms. The molecule has 2 unspecified atom stereocenters. The van der Waals surface area contributed by atoms with Crippen molar-refractivity contribution in [3.05, 3.63) is 11.9 Å². The van der Waals surface area contributed by atoms with Crippen LogP contribution in [0.5, 0.6) is 0 Å². The maximum absolute atomic E-state index is 12.5. The molecule has 0 aromatic carbocycles. The molecular formula is C9H12F3N3. The molecule has 2 rings (SSSR count). The number of alkyl halides is 3. The molecule has 1 aliphatic rings. The van der Waals surface area contributed by atoms with Gasteiger partial charge in [-0.25, -0.2) is 4.98 Å². The first-order valence-corrected chi connectivity index (χ1v) is 4.76. The molecule has 84 valence electrons. The van der Waals surface area contributed by atoms with Crippen LogP contribution in [-0.2, 0) is 0 Å². The highest BCUT2D eigenvalue weighted by atomic mass is 19.4. The van der Waals surface area contributed by atoms with Crippen molar-refractivity contribution in [1.82, 2.24) is 9.55 Å². The van der Waals surface area contributed by atoms with Crippen LogP contribution in [-0.4, -0.2) is 21.8 Å². The van der Waals surface area contributed by atoms with Crippen molar-refractivity contribution in [2.45, 2.75) is 38.5 Å². The molecule has 2 atom stereocenters. The number of hydrogen-bond donors (Lipinski definition) is 1. The Kier molecular flexibility index (Phi) is 2.17. The lowest BCUT2D eigenvalue weighted by Gasteiger charge is -2.31. The van der Waals surface area contributed by atoms with Gasteiger partial charge in [0.15, 0.2) is 0 Å². The van der Waals surface area contributed by atoms with E-state index in [2.05, 4.69) is 10.3 Å². The van der Waals surface area contributed by atoms with Crippen molar-refractivity contribution in [3.63, 3.8) is 0 Å².